The summed E-state index contributed by atoms with van der Waals surface area (Å²) in [6.45, 7) is 11.2. The zero-order valence-electron chi connectivity index (χ0n) is 30.8. The van der Waals surface area contributed by atoms with Crippen molar-refractivity contribution in [3.05, 3.63) is 175 Å². The lowest BCUT2D eigenvalue weighted by Gasteiger charge is -2.29. The standard InChI is InChI=1S/C48H42N5/c1-33-15-13-16-34(2)47(33)52(38-20-14-19-37(30-38)50-32-51(48(3,4)5)44-24-12-11-23-43(44)50)39-25-26-41-40-21-9-10-22-42(40)53(45(41)31-39)46-29-36(27-28-49-46)35-17-7-6-8-18-35/h6-32H,1-5H3/q+1. The van der Waals surface area contributed by atoms with Crippen LogP contribution in [-0.2, 0) is 5.54 Å². The van der Waals surface area contributed by atoms with Crippen molar-refractivity contribution in [3.8, 4) is 22.6 Å². The van der Waals surface area contributed by atoms with Crippen molar-refractivity contribution < 1.29 is 0 Å². The molecule has 3 aromatic heterocycles. The van der Waals surface area contributed by atoms with Gasteiger partial charge in [0.1, 0.15) is 11.5 Å². The molecule has 0 N–H and O–H groups in total. The maximum atomic E-state index is 4.96. The molecule has 0 amide bonds. The van der Waals surface area contributed by atoms with E-state index >= 15 is 0 Å². The van der Waals surface area contributed by atoms with E-state index in [1.807, 2.05) is 6.20 Å². The Morgan fingerprint density at radius 2 is 1.21 bits per heavy atom. The Kier molecular flexibility index (Phi) is 7.74. The second kappa shape index (κ2) is 12.6. The normalized spacial score (nSPS) is 11.9. The molecule has 9 aromatic rings. The average Bonchev–Trinajstić information content (AvgIpc) is 3.73. The van der Waals surface area contributed by atoms with Gasteiger partial charge in [0, 0.05) is 46.9 Å². The van der Waals surface area contributed by atoms with Crippen LogP contribution in [0.2, 0.25) is 0 Å². The second-order valence-corrected chi connectivity index (χ2v) is 14.9. The molecule has 0 atom stereocenters. The molecule has 0 saturated heterocycles. The zero-order chi connectivity index (χ0) is 36.3. The summed E-state index contributed by atoms with van der Waals surface area (Å²) >= 11 is 0. The van der Waals surface area contributed by atoms with Crippen LogP contribution in [0.1, 0.15) is 31.9 Å². The van der Waals surface area contributed by atoms with E-state index in [1.165, 1.54) is 44.2 Å². The highest BCUT2D eigenvalue weighted by atomic mass is 15.2. The van der Waals surface area contributed by atoms with Crippen LogP contribution in [0.3, 0.4) is 0 Å². The molecule has 0 unspecified atom stereocenters. The van der Waals surface area contributed by atoms with Crippen LogP contribution < -0.4 is 4.90 Å². The summed E-state index contributed by atoms with van der Waals surface area (Å²) in [5.41, 5.74) is 13.7. The van der Waals surface area contributed by atoms with Gasteiger partial charge < -0.3 is 4.90 Å². The first-order chi connectivity index (χ1) is 25.8. The number of benzene rings is 6. The van der Waals surface area contributed by atoms with Crippen LogP contribution in [0, 0.1) is 13.8 Å². The number of rotatable bonds is 6. The van der Waals surface area contributed by atoms with Gasteiger partial charge in [-0.2, -0.15) is 4.57 Å². The Morgan fingerprint density at radius 3 is 1.98 bits per heavy atom. The van der Waals surface area contributed by atoms with Crippen molar-refractivity contribution >= 4 is 49.9 Å². The number of aromatic nitrogens is 4. The van der Waals surface area contributed by atoms with E-state index in [4.69, 9.17) is 4.98 Å². The van der Waals surface area contributed by atoms with E-state index in [1.54, 1.807) is 0 Å². The van der Waals surface area contributed by atoms with Crippen LogP contribution in [-0.4, -0.2) is 18.7 Å². The van der Waals surface area contributed by atoms with E-state index in [2.05, 4.69) is 211 Å². The third-order valence-corrected chi connectivity index (χ3v) is 10.4. The van der Waals surface area contributed by atoms with Crippen LogP contribution in [0.25, 0.3) is 55.5 Å². The highest BCUT2D eigenvalue weighted by Crippen LogP contribution is 2.42. The smallest absolute Gasteiger partial charge is 0.191 e. The molecule has 0 aliphatic rings. The number of nitrogens with zero attached hydrogens (tertiary/aromatic N) is 5. The zero-order valence-corrected chi connectivity index (χ0v) is 30.8. The Bertz CT molecular complexity index is 2780. The summed E-state index contributed by atoms with van der Waals surface area (Å²) < 4.78 is 7.00. The minimum Gasteiger partial charge on any atom is -0.309 e. The van der Waals surface area contributed by atoms with Crippen molar-refractivity contribution in [1.82, 2.24) is 18.7 Å². The van der Waals surface area contributed by atoms with Gasteiger partial charge in [-0.05, 0) is 111 Å². The second-order valence-electron chi connectivity index (χ2n) is 14.9. The molecule has 0 aliphatic heterocycles. The van der Waals surface area contributed by atoms with Gasteiger partial charge in [-0.25, -0.2) is 9.55 Å². The number of fused-ring (bicyclic) bond motifs is 4. The van der Waals surface area contributed by atoms with Crippen molar-refractivity contribution in [1.29, 1.82) is 0 Å². The monoisotopic (exact) mass is 688 g/mol. The molecule has 258 valence electrons. The molecule has 5 heteroatoms. The highest BCUT2D eigenvalue weighted by molar-refractivity contribution is 6.10. The summed E-state index contributed by atoms with van der Waals surface area (Å²) in [5, 5.41) is 2.39. The van der Waals surface area contributed by atoms with Crippen LogP contribution in [0.15, 0.2) is 164 Å². The van der Waals surface area contributed by atoms with Gasteiger partial charge in [0.05, 0.1) is 27.9 Å². The highest BCUT2D eigenvalue weighted by Gasteiger charge is 2.26. The molecule has 0 aliphatic carbocycles. The summed E-state index contributed by atoms with van der Waals surface area (Å²) in [6, 6.07) is 54.5. The molecule has 0 spiro atoms. The maximum Gasteiger partial charge on any atom is 0.191 e. The van der Waals surface area contributed by atoms with Gasteiger partial charge in [0.2, 0.25) is 0 Å². The number of imidazole rings is 1. The first-order valence-corrected chi connectivity index (χ1v) is 18.3. The van der Waals surface area contributed by atoms with Gasteiger partial charge in [0.15, 0.2) is 17.4 Å². The number of anilines is 3. The minimum atomic E-state index is -0.0733. The average molecular weight is 689 g/mol. The fourth-order valence-corrected chi connectivity index (χ4v) is 7.90. The molecule has 0 fully saturated rings. The number of hydrogen-bond donors (Lipinski definition) is 0. The topological polar surface area (TPSA) is 30.9 Å². The molecule has 53 heavy (non-hydrogen) atoms. The Hall–Kier alpha value is -6.46. The van der Waals surface area contributed by atoms with Crippen LogP contribution >= 0.6 is 0 Å². The molecule has 5 nitrogen and oxygen atoms in total. The van der Waals surface area contributed by atoms with Crippen LogP contribution in [0.4, 0.5) is 17.1 Å². The van der Waals surface area contributed by atoms with E-state index in [0.29, 0.717) is 0 Å². The fourth-order valence-electron chi connectivity index (χ4n) is 7.90. The molecular weight excluding hydrogens is 647 g/mol. The Balaban J connectivity index is 1.27. The van der Waals surface area contributed by atoms with Gasteiger partial charge in [-0.15, -0.1) is 0 Å². The van der Waals surface area contributed by atoms with Gasteiger partial charge in [-0.1, -0.05) is 72.8 Å². The number of aryl methyl sites for hydroxylation is 2. The quantitative estimate of drug-likeness (QED) is 0.163. The first kappa shape index (κ1) is 32.4. The Morgan fingerprint density at radius 1 is 0.547 bits per heavy atom. The van der Waals surface area contributed by atoms with Gasteiger partial charge in [-0.3, -0.25) is 4.57 Å². The molecule has 6 aromatic carbocycles. The molecule has 3 heterocycles. The lowest BCUT2D eigenvalue weighted by Crippen LogP contribution is -2.20. The van der Waals surface area contributed by atoms with Crippen molar-refractivity contribution in [2.45, 2.75) is 40.2 Å². The number of pyridine rings is 1. The van der Waals surface area contributed by atoms with Crippen LogP contribution in [0.5, 0.6) is 0 Å². The molecule has 0 bridgehead atoms. The van der Waals surface area contributed by atoms with Crippen molar-refractivity contribution in [2.75, 3.05) is 4.90 Å². The minimum absolute atomic E-state index is 0.0733. The predicted molar refractivity (Wildman–Crippen MR) is 222 cm³/mol. The lowest BCUT2D eigenvalue weighted by atomic mass is 10.0. The fraction of sp³-hybridized carbons (Fsp3) is 0.125. The third kappa shape index (κ3) is 5.57. The van der Waals surface area contributed by atoms with Crippen molar-refractivity contribution in [2.24, 2.45) is 0 Å². The summed E-state index contributed by atoms with van der Waals surface area (Å²) in [4.78, 5) is 7.38. The van der Waals surface area contributed by atoms with Crippen molar-refractivity contribution in [3.63, 3.8) is 0 Å². The molecule has 0 radical (unpaired) electrons. The number of para-hydroxylation sites is 4. The van der Waals surface area contributed by atoms with Gasteiger partial charge in [0.25, 0.3) is 0 Å². The van der Waals surface area contributed by atoms with E-state index < -0.39 is 0 Å². The van der Waals surface area contributed by atoms with Gasteiger partial charge >= 0.3 is 0 Å². The predicted octanol–water partition coefficient (Wildman–Crippen LogP) is 12.7. The summed E-state index contributed by atoms with van der Waals surface area (Å²) in [7, 11) is 0. The van der Waals surface area contributed by atoms with E-state index in [9.17, 15) is 0 Å². The van der Waals surface area contributed by atoms with E-state index in [-0.39, 0.29) is 5.54 Å². The largest absolute Gasteiger partial charge is 0.309 e. The molecule has 9 rings (SSSR count). The lowest BCUT2D eigenvalue weighted by molar-refractivity contribution is 0.406. The SMILES string of the molecule is Cc1cccc(C)c1N(c1cccc(-n2[cH+]n(C(C)(C)C)c3ccccc32)c1)c1ccc2c3ccccc3n(-c3cc(-c4ccccc4)ccn3)c2c1. The summed E-state index contributed by atoms with van der Waals surface area (Å²) in [6.07, 6.45) is 4.17. The first-order valence-electron chi connectivity index (χ1n) is 18.3. The molecular formula is C48H42N5+. The maximum absolute atomic E-state index is 4.96. The third-order valence-electron chi connectivity index (χ3n) is 10.4. The number of hydrogen-bond acceptors (Lipinski definition) is 2. The molecule has 0 saturated carbocycles. The Labute approximate surface area is 310 Å². The summed E-state index contributed by atoms with van der Waals surface area (Å²) in [5.74, 6) is 0.891. The van der Waals surface area contributed by atoms with E-state index in [0.717, 1.165) is 39.5 Å².